The third-order valence-corrected chi connectivity index (χ3v) is 5.75. The maximum absolute atomic E-state index is 11.5. The summed E-state index contributed by atoms with van der Waals surface area (Å²) in [4.78, 5) is 15.4. The Morgan fingerprint density at radius 2 is 2.12 bits per heavy atom. The van der Waals surface area contributed by atoms with Crippen molar-refractivity contribution in [2.45, 2.75) is 25.2 Å². The van der Waals surface area contributed by atoms with Crippen LogP contribution in [0.5, 0.6) is 17.4 Å². The summed E-state index contributed by atoms with van der Waals surface area (Å²) < 4.78 is 12.4. The van der Waals surface area contributed by atoms with Crippen LogP contribution in [-0.4, -0.2) is 37.6 Å². The highest BCUT2D eigenvalue weighted by molar-refractivity contribution is 9.10. The van der Waals surface area contributed by atoms with Crippen LogP contribution in [0.1, 0.15) is 25.6 Å². The highest BCUT2D eigenvalue weighted by Gasteiger charge is 2.30. The molecule has 1 aromatic heterocycles. The van der Waals surface area contributed by atoms with Crippen molar-refractivity contribution in [1.29, 1.82) is 0 Å². The van der Waals surface area contributed by atoms with Crippen molar-refractivity contribution in [3.8, 4) is 28.6 Å². The van der Waals surface area contributed by atoms with Crippen LogP contribution in [-0.2, 0) is 0 Å². The number of hydrogen-bond donors (Lipinski definition) is 2. The standard InChI is InChI=1S/C20H18BrN5O5S/c1-3-30-15-8-10(7-14(17(15)27)26(28)29)18-22-13-6-5-11(21)9-12(13)16-19(31-18)23-20(25-24-16)32-4-2/h5-9,18,22,27H,3-4H2,1-2H3. The monoisotopic (exact) mass is 519 g/mol. The number of nitrogens with one attached hydrogen (secondary N) is 1. The molecule has 0 amide bonds. The van der Waals surface area contributed by atoms with Gasteiger partial charge in [0.05, 0.1) is 11.5 Å². The predicted octanol–water partition coefficient (Wildman–Crippen LogP) is 4.93. The van der Waals surface area contributed by atoms with Crippen LogP contribution in [0, 0.1) is 10.1 Å². The van der Waals surface area contributed by atoms with Crippen LogP contribution < -0.4 is 14.8 Å². The van der Waals surface area contributed by atoms with E-state index >= 15 is 0 Å². The van der Waals surface area contributed by atoms with Crippen molar-refractivity contribution < 1.29 is 19.5 Å². The molecule has 2 heterocycles. The summed E-state index contributed by atoms with van der Waals surface area (Å²) in [5, 5.41) is 34.0. The second-order valence-corrected chi connectivity index (χ2v) is 8.74. The Balaban J connectivity index is 1.87. The number of halogens is 1. The fraction of sp³-hybridized carbons (Fsp3) is 0.250. The Morgan fingerprint density at radius 3 is 2.84 bits per heavy atom. The van der Waals surface area contributed by atoms with E-state index in [1.807, 2.05) is 25.1 Å². The van der Waals surface area contributed by atoms with Gasteiger partial charge in [0.15, 0.2) is 17.7 Å². The van der Waals surface area contributed by atoms with Gasteiger partial charge in [-0.2, -0.15) is 4.98 Å². The molecule has 1 unspecified atom stereocenters. The Bertz CT molecular complexity index is 1200. The third kappa shape index (κ3) is 4.28. The maximum Gasteiger partial charge on any atom is 0.315 e. The first-order valence-electron chi connectivity index (χ1n) is 9.66. The Labute approximate surface area is 195 Å². The fourth-order valence-corrected chi connectivity index (χ4v) is 4.05. The molecule has 4 rings (SSSR count). The quantitative estimate of drug-likeness (QED) is 0.262. The normalized spacial score (nSPS) is 14.4. The van der Waals surface area contributed by atoms with Gasteiger partial charge in [-0.15, -0.1) is 10.2 Å². The Kier molecular flexibility index (Phi) is 6.33. The van der Waals surface area contributed by atoms with Crippen molar-refractivity contribution in [2.75, 3.05) is 17.7 Å². The molecule has 32 heavy (non-hydrogen) atoms. The van der Waals surface area contributed by atoms with Gasteiger partial charge in [0, 0.05) is 27.4 Å². The van der Waals surface area contributed by atoms with Crippen molar-refractivity contribution in [3.05, 3.63) is 50.5 Å². The Morgan fingerprint density at radius 1 is 1.31 bits per heavy atom. The van der Waals surface area contributed by atoms with Crippen molar-refractivity contribution in [3.63, 3.8) is 0 Å². The summed E-state index contributed by atoms with van der Waals surface area (Å²) in [6, 6.07) is 8.29. The van der Waals surface area contributed by atoms with Gasteiger partial charge in [-0.3, -0.25) is 10.1 Å². The van der Waals surface area contributed by atoms with Crippen LogP contribution in [0.15, 0.2) is 40.0 Å². The minimum atomic E-state index is -0.870. The summed E-state index contributed by atoms with van der Waals surface area (Å²) in [7, 11) is 0. The van der Waals surface area contributed by atoms with Crippen LogP contribution in [0.25, 0.3) is 11.3 Å². The van der Waals surface area contributed by atoms with Gasteiger partial charge >= 0.3 is 5.69 Å². The van der Waals surface area contributed by atoms with E-state index < -0.39 is 22.6 Å². The minimum absolute atomic E-state index is 0.00867. The lowest BCUT2D eigenvalue weighted by molar-refractivity contribution is -0.386. The van der Waals surface area contributed by atoms with Gasteiger partial charge in [-0.05, 0) is 36.9 Å². The molecule has 1 aliphatic rings. The molecule has 0 saturated carbocycles. The molecule has 3 aromatic rings. The van der Waals surface area contributed by atoms with Crippen molar-refractivity contribution in [1.82, 2.24) is 15.2 Å². The average molecular weight is 520 g/mol. The first-order valence-corrected chi connectivity index (χ1v) is 11.4. The summed E-state index contributed by atoms with van der Waals surface area (Å²) in [6.45, 7) is 3.92. The number of aromatic hydroxyl groups is 1. The zero-order valence-corrected chi connectivity index (χ0v) is 19.4. The first-order chi connectivity index (χ1) is 15.4. The van der Waals surface area contributed by atoms with E-state index in [1.165, 1.54) is 23.9 Å². The molecule has 0 aliphatic carbocycles. The van der Waals surface area contributed by atoms with Gasteiger partial charge in [-0.1, -0.05) is 34.6 Å². The van der Waals surface area contributed by atoms with Gasteiger partial charge in [-0.25, -0.2) is 0 Å². The van der Waals surface area contributed by atoms with E-state index in [-0.39, 0.29) is 18.2 Å². The van der Waals surface area contributed by atoms with E-state index in [4.69, 9.17) is 9.47 Å². The molecular formula is C20H18BrN5O5S. The number of phenols is 1. The lowest BCUT2D eigenvalue weighted by atomic mass is 10.1. The lowest BCUT2D eigenvalue weighted by Gasteiger charge is -2.20. The molecule has 166 valence electrons. The molecule has 0 spiro atoms. The van der Waals surface area contributed by atoms with E-state index in [0.29, 0.717) is 27.7 Å². The zero-order valence-electron chi connectivity index (χ0n) is 17.0. The average Bonchev–Trinajstić information content (AvgIpc) is 2.91. The van der Waals surface area contributed by atoms with Crippen LogP contribution in [0.4, 0.5) is 11.4 Å². The Hall–Kier alpha value is -3.12. The maximum atomic E-state index is 11.5. The number of nitro benzene ring substituents is 1. The topological polar surface area (TPSA) is 133 Å². The second-order valence-electron chi connectivity index (χ2n) is 6.59. The highest BCUT2D eigenvalue weighted by atomic mass is 79.9. The van der Waals surface area contributed by atoms with E-state index in [0.717, 1.165) is 10.2 Å². The number of nitro groups is 1. The minimum Gasteiger partial charge on any atom is -0.500 e. The first kappa shape index (κ1) is 22.1. The number of ether oxygens (including phenoxy) is 2. The number of thioether (sulfide) groups is 1. The molecule has 2 N–H and O–H groups in total. The predicted molar refractivity (Wildman–Crippen MR) is 122 cm³/mol. The van der Waals surface area contributed by atoms with E-state index in [1.54, 1.807) is 6.92 Å². The molecule has 10 nitrogen and oxygen atoms in total. The van der Waals surface area contributed by atoms with Crippen molar-refractivity contribution >= 4 is 39.1 Å². The molecule has 0 radical (unpaired) electrons. The van der Waals surface area contributed by atoms with Crippen LogP contribution >= 0.6 is 27.7 Å². The van der Waals surface area contributed by atoms with Gasteiger partial charge in [0.2, 0.25) is 16.8 Å². The lowest BCUT2D eigenvalue weighted by Crippen LogP contribution is -2.17. The molecule has 2 aromatic carbocycles. The number of benzene rings is 2. The van der Waals surface area contributed by atoms with Crippen LogP contribution in [0.2, 0.25) is 0 Å². The summed E-state index contributed by atoms with van der Waals surface area (Å²) >= 11 is 4.88. The van der Waals surface area contributed by atoms with Gasteiger partial charge in [0.25, 0.3) is 0 Å². The summed E-state index contributed by atoms with van der Waals surface area (Å²) in [6.07, 6.45) is -0.870. The van der Waals surface area contributed by atoms with Gasteiger partial charge in [0.1, 0.15) is 0 Å². The molecule has 0 bridgehead atoms. The number of rotatable bonds is 6. The van der Waals surface area contributed by atoms with E-state index in [9.17, 15) is 15.2 Å². The molecule has 1 aliphatic heterocycles. The number of fused-ring (bicyclic) bond motifs is 3. The summed E-state index contributed by atoms with van der Waals surface area (Å²) in [5.74, 6) is 0.445. The molecule has 1 atom stereocenters. The number of aromatic nitrogens is 3. The third-order valence-electron chi connectivity index (χ3n) is 4.54. The molecular weight excluding hydrogens is 502 g/mol. The summed E-state index contributed by atoms with van der Waals surface area (Å²) in [5.41, 5.74) is 1.72. The SMILES string of the molecule is CCOc1cc(C2Nc3ccc(Br)cc3-c3nnc(SCC)nc3O2)cc([N+](=O)[O-])c1O. The van der Waals surface area contributed by atoms with Gasteiger partial charge < -0.3 is 19.9 Å². The zero-order chi connectivity index (χ0) is 22.8. The highest BCUT2D eigenvalue weighted by Crippen LogP contribution is 2.44. The molecule has 0 fully saturated rings. The number of nitrogens with zero attached hydrogens (tertiary/aromatic N) is 4. The van der Waals surface area contributed by atoms with Crippen molar-refractivity contribution in [2.24, 2.45) is 0 Å². The molecule has 0 saturated heterocycles. The largest absolute Gasteiger partial charge is 0.500 e. The number of phenolic OH excluding ortho intramolecular Hbond substituents is 1. The smallest absolute Gasteiger partial charge is 0.315 e. The number of hydrogen-bond acceptors (Lipinski definition) is 10. The molecule has 12 heteroatoms. The second kappa shape index (κ2) is 9.17. The fourth-order valence-electron chi connectivity index (χ4n) is 3.18. The number of anilines is 1. The van der Waals surface area contributed by atoms with Crippen LogP contribution in [0.3, 0.4) is 0 Å². The van der Waals surface area contributed by atoms with E-state index in [2.05, 4.69) is 36.4 Å².